The van der Waals surface area contributed by atoms with E-state index in [9.17, 15) is 18.8 Å². The molecular formula is C20H27FN2O4. The second kappa shape index (κ2) is 10.6. The summed E-state index contributed by atoms with van der Waals surface area (Å²) in [6, 6.07) is 6.37. The molecule has 1 heterocycles. The second-order valence-electron chi connectivity index (χ2n) is 6.83. The normalized spacial score (nSPS) is 16.7. The van der Waals surface area contributed by atoms with Gasteiger partial charge in [0.05, 0.1) is 13.5 Å². The van der Waals surface area contributed by atoms with Crippen molar-refractivity contribution in [3.05, 3.63) is 35.6 Å². The molecule has 7 heteroatoms. The molecule has 2 rings (SSSR count). The molecule has 1 aromatic carbocycles. The van der Waals surface area contributed by atoms with Crippen molar-refractivity contribution in [1.82, 2.24) is 10.2 Å². The fourth-order valence-corrected chi connectivity index (χ4v) is 3.26. The fourth-order valence-electron chi connectivity index (χ4n) is 3.26. The van der Waals surface area contributed by atoms with Crippen LogP contribution >= 0.6 is 0 Å². The highest BCUT2D eigenvalue weighted by molar-refractivity contribution is 5.81. The number of halogens is 1. The average molecular weight is 378 g/mol. The molecule has 1 aliphatic heterocycles. The van der Waals surface area contributed by atoms with Crippen LogP contribution in [-0.4, -0.2) is 42.9 Å². The standard InChI is InChI=1S/C20H27FN2O4/c1-27-20(26)11-10-19(25)23-12-4-5-15(14-23)8-9-18(24)22-13-16-6-2-3-7-17(16)21/h2-3,6-7,15H,4-5,8-14H2,1H3,(H,22,24)/t15-/m1/s1. The Morgan fingerprint density at radius 2 is 2.00 bits per heavy atom. The zero-order valence-electron chi connectivity index (χ0n) is 15.7. The quantitative estimate of drug-likeness (QED) is 0.705. The molecule has 1 fully saturated rings. The number of methoxy groups -OCH3 is 1. The van der Waals surface area contributed by atoms with Gasteiger partial charge in [0, 0.05) is 38.0 Å². The Morgan fingerprint density at radius 3 is 2.74 bits per heavy atom. The van der Waals surface area contributed by atoms with E-state index >= 15 is 0 Å². The first-order valence-electron chi connectivity index (χ1n) is 9.34. The van der Waals surface area contributed by atoms with Crippen molar-refractivity contribution in [1.29, 1.82) is 0 Å². The van der Waals surface area contributed by atoms with Crippen LogP contribution in [-0.2, 0) is 25.7 Å². The lowest BCUT2D eigenvalue weighted by Gasteiger charge is -2.32. The molecule has 1 N–H and O–H groups in total. The Bertz CT molecular complexity index is 665. The van der Waals surface area contributed by atoms with Crippen LogP contribution < -0.4 is 5.32 Å². The largest absolute Gasteiger partial charge is 0.469 e. The Balaban J connectivity index is 1.70. The van der Waals surface area contributed by atoms with Crippen LogP contribution in [0.25, 0.3) is 0 Å². The van der Waals surface area contributed by atoms with Gasteiger partial charge in [-0.2, -0.15) is 0 Å². The Labute approximate surface area is 159 Å². The van der Waals surface area contributed by atoms with Gasteiger partial charge in [-0.15, -0.1) is 0 Å². The van der Waals surface area contributed by atoms with Crippen LogP contribution in [0.15, 0.2) is 24.3 Å². The SMILES string of the molecule is COC(=O)CCC(=O)N1CCC[C@H](CCC(=O)NCc2ccccc2F)C1. The Kier molecular flexibility index (Phi) is 8.23. The lowest BCUT2D eigenvalue weighted by Crippen LogP contribution is -2.40. The molecule has 0 saturated carbocycles. The molecule has 1 aromatic rings. The summed E-state index contributed by atoms with van der Waals surface area (Å²) in [7, 11) is 1.31. The number of piperidine rings is 1. The van der Waals surface area contributed by atoms with Gasteiger partial charge in [-0.25, -0.2) is 4.39 Å². The third-order valence-electron chi connectivity index (χ3n) is 4.86. The lowest BCUT2D eigenvalue weighted by atomic mass is 9.93. The van der Waals surface area contributed by atoms with Gasteiger partial charge in [0.1, 0.15) is 5.82 Å². The molecule has 0 aliphatic carbocycles. The minimum absolute atomic E-state index is 0.0471. The molecule has 148 valence electrons. The van der Waals surface area contributed by atoms with E-state index in [2.05, 4.69) is 10.1 Å². The van der Waals surface area contributed by atoms with Gasteiger partial charge in [0.15, 0.2) is 0 Å². The van der Waals surface area contributed by atoms with Crippen LogP contribution in [0.3, 0.4) is 0 Å². The van der Waals surface area contributed by atoms with Crippen LogP contribution in [0.4, 0.5) is 4.39 Å². The predicted octanol–water partition coefficient (Wildman–Crippen LogP) is 2.41. The van der Waals surface area contributed by atoms with Crippen molar-refractivity contribution in [2.45, 2.75) is 45.1 Å². The van der Waals surface area contributed by atoms with Crippen molar-refractivity contribution in [3.8, 4) is 0 Å². The van der Waals surface area contributed by atoms with Gasteiger partial charge >= 0.3 is 5.97 Å². The number of amides is 2. The number of rotatable bonds is 8. The summed E-state index contributed by atoms with van der Waals surface area (Å²) < 4.78 is 18.1. The van der Waals surface area contributed by atoms with E-state index in [0.717, 1.165) is 12.8 Å². The summed E-state index contributed by atoms with van der Waals surface area (Å²) in [5, 5.41) is 2.74. The number of hydrogen-bond donors (Lipinski definition) is 1. The van der Waals surface area contributed by atoms with E-state index in [1.165, 1.54) is 13.2 Å². The smallest absolute Gasteiger partial charge is 0.306 e. The molecule has 0 aromatic heterocycles. The zero-order valence-corrected chi connectivity index (χ0v) is 15.7. The predicted molar refractivity (Wildman–Crippen MR) is 98.0 cm³/mol. The molecule has 0 bridgehead atoms. The first-order chi connectivity index (χ1) is 13.0. The number of benzene rings is 1. The van der Waals surface area contributed by atoms with Gasteiger partial charge in [-0.1, -0.05) is 18.2 Å². The van der Waals surface area contributed by atoms with Crippen molar-refractivity contribution in [2.75, 3.05) is 20.2 Å². The molecule has 6 nitrogen and oxygen atoms in total. The summed E-state index contributed by atoms with van der Waals surface area (Å²) >= 11 is 0. The van der Waals surface area contributed by atoms with Gasteiger partial charge in [-0.3, -0.25) is 14.4 Å². The minimum atomic E-state index is -0.386. The average Bonchev–Trinajstić information content (AvgIpc) is 2.69. The molecule has 1 atom stereocenters. The monoisotopic (exact) mass is 378 g/mol. The number of nitrogens with zero attached hydrogens (tertiary/aromatic N) is 1. The van der Waals surface area contributed by atoms with Crippen molar-refractivity contribution < 1.29 is 23.5 Å². The van der Waals surface area contributed by atoms with Gasteiger partial charge < -0.3 is 15.0 Å². The second-order valence-corrected chi connectivity index (χ2v) is 6.83. The number of ether oxygens (including phenoxy) is 1. The molecule has 0 radical (unpaired) electrons. The molecular weight excluding hydrogens is 351 g/mol. The van der Waals surface area contributed by atoms with Gasteiger partial charge in [0.25, 0.3) is 0 Å². The maximum absolute atomic E-state index is 13.6. The van der Waals surface area contributed by atoms with E-state index < -0.39 is 0 Å². The van der Waals surface area contributed by atoms with Gasteiger partial charge in [0.2, 0.25) is 11.8 Å². The number of carbonyl (C=O) groups is 3. The highest BCUT2D eigenvalue weighted by atomic mass is 19.1. The summed E-state index contributed by atoms with van der Waals surface area (Å²) in [5.74, 6) is -0.615. The maximum Gasteiger partial charge on any atom is 0.306 e. The number of carbonyl (C=O) groups excluding carboxylic acids is 3. The Hall–Kier alpha value is -2.44. The highest BCUT2D eigenvalue weighted by Crippen LogP contribution is 2.22. The molecule has 1 saturated heterocycles. The van der Waals surface area contributed by atoms with Gasteiger partial charge in [-0.05, 0) is 31.2 Å². The first kappa shape index (κ1) is 20.9. The number of likely N-dealkylation sites (tertiary alicyclic amines) is 1. The van der Waals surface area contributed by atoms with E-state index in [0.29, 0.717) is 31.5 Å². The molecule has 0 unspecified atom stereocenters. The number of hydrogen-bond acceptors (Lipinski definition) is 4. The molecule has 0 spiro atoms. The molecule has 1 aliphatic rings. The van der Waals surface area contributed by atoms with E-state index in [1.807, 2.05) is 0 Å². The highest BCUT2D eigenvalue weighted by Gasteiger charge is 2.24. The van der Waals surface area contributed by atoms with Crippen molar-refractivity contribution in [2.24, 2.45) is 5.92 Å². The molecule has 2 amide bonds. The number of nitrogens with one attached hydrogen (secondary N) is 1. The summed E-state index contributed by atoms with van der Waals surface area (Å²) in [4.78, 5) is 37.2. The zero-order chi connectivity index (χ0) is 19.6. The number of esters is 1. The van der Waals surface area contributed by atoms with Crippen molar-refractivity contribution >= 4 is 17.8 Å². The van der Waals surface area contributed by atoms with Crippen LogP contribution in [0.1, 0.15) is 44.1 Å². The van der Waals surface area contributed by atoms with Crippen LogP contribution in [0.2, 0.25) is 0 Å². The Morgan fingerprint density at radius 1 is 1.22 bits per heavy atom. The first-order valence-corrected chi connectivity index (χ1v) is 9.34. The maximum atomic E-state index is 13.6. The van der Waals surface area contributed by atoms with E-state index in [-0.39, 0.29) is 48.9 Å². The van der Waals surface area contributed by atoms with Crippen LogP contribution in [0.5, 0.6) is 0 Å². The third-order valence-corrected chi connectivity index (χ3v) is 4.86. The fraction of sp³-hybridized carbons (Fsp3) is 0.550. The molecule has 27 heavy (non-hydrogen) atoms. The van der Waals surface area contributed by atoms with Crippen molar-refractivity contribution in [3.63, 3.8) is 0 Å². The summed E-state index contributed by atoms with van der Waals surface area (Å²) in [6.45, 7) is 1.48. The van der Waals surface area contributed by atoms with E-state index in [4.69, 9.17) is 0 Å². The van der Waals surface area contributed by atoms with E-state index in [1.54, 1.807) is 23.1 Å². The lowest BCUT2D eigenvalue weighted by molar-refractivity contribution is -0.144. The minimum Gasteiger partial charge on any atom is -0.469 e. The summed E-state index contributed by atoms with van der Waals surface area (Å²) in [5.41, 5.74) is 0.464. The topological polar surface area (TPSA) is 75.7 Å². The summed E-state index contributed by atoms with van der Waals surface area (Å²) in [6.07, 6.45) is 3.15. The van der Waals surface area contributed by atoms with Crippen LogP contribution in [0, 0.1) is 11.7 Å². The third kappa shape index (κ3) is 7.00.